The Morgan fingerprint density at radius 3 is 2.74 bits per heavy atom. The van der Waals surface area contributed by atoms with Crippen molar-refractivity contribution in [2.45, 2.75) is 6.54 Å². The number of hydrogen-bond donors (Lipinski definition) is 0. The minimum absolute atomic E-state index is 0.160. The molecule has 0 aliphatic carbocycles. The second-order valence-corrected chi connectivity index (χ2v) is 6.72. The molecule has 0 radical (unpaired) electrons. The highest BCUT2D eigenvalue weighted by Crippen LogP contribution is 2.12. The summed E-state index contributed by atoms with van der Waals surface area (Å²) in [5.41, 5.74) is 1.05. The lowest BCUT2D eigenvalue weighted by atomic mass is 10.2. The maximum Gasteiger partial charge on any atom is 0.339 e. The largest absolute Gasteiger partial charge is 0.465 e. The molecular weight excluding hydrogens is 268 g/mol. The van der Waals surface area contributed by atoms with E-state index in [4.69, 9.17) is 4.74 Å². The predicted octanol–water partition coefficient (Wildman–Crippen LogP) is 0.0986. The van der Waals surface area contributed by atoms with E-state index in [1.807, 2.05) is 4.90 Å². The van der Waals surface area contributed by atoms with Gasteiger partial charge in [0.15, 0.2) is 9.84 Å². The maximum atomic E-state index is 11.6. The molecule has 2 rings (SSSR count). The molecule has 0 amide bonds. The van der Waals surface area contributed by atoms with Crippen LogP contribution in [0.4, 0.5) is 0 Å². The fraction of sp³-hybridized carbons (Fsp3) is 0.500. The second-order valence-electron chi connectivity index (χ2n) is 4.42. The standard InChI is InChI=1S/C12H16N2O4S/c1-18-12(15)10-3-2-4-13-11(10)9-14-5-7-19(16,17)8-6-14/h2-4H,5-9H2,1H3. The molecule has 2 heterocycles. The molecule has 1 fully saturated rings. The van der Waals surface area contributed by atoms with Crippen molar-refractivity contribution in [2.24, 2.45) is 0 Å². The highest BCUT2D eigenvalue weighted by molar-refractivity contribution is 7.91. The van der Waals surface area contributed by atoms with Gasteiger partial charge in [0.1, 0.15) is 0 Å². The van der Waals surface area contributed by atoms with E-state index in [1.54, 1.807) is 18.3 Å². The van der Waals surface area contributed by atoms with E-state index >= 15 is 0 Å². The van der Waals surface area contributed by atoms with E-state index in [0.717, 1.165) is 0 Å². The Balaban J connectivity index is 2.10. The minimum atomic E-state index is -2.89. The van der Waals surface area contributed by atoms with E-state index in [9.17, 15) is 13.2 Å². The molecule has 0 N–H and O–H groups in total. The van der Waals surface area contributed by atoms with Crippen molar-refractivity contribution in [1.82, 2.24) is 9.88 Å². The van der Waals surface area contributed by atoms with Crippen molar-refractivity contribution in [3.05, 3.63) is 29.6 Å². The SMILES string of the molecule is COC(=O)c1cccnc1CN1CCS(=O)(=O)CC1. The summed E-state index contributed by atoms with van der Waals surface area (Å²) in [6.45, 7) is 1.40. The van der Waals surface area contributed by atoms with Gasteiger partial charge in [-0.3, -0.25) is 9.88 Å². The summed E-state index contributed by atoms with van der Waals surface area (Å²) in [7, 11) is -1.57. The Bertz CT molecular complexity index is 557. The maximum absolute atomic E-state index is 11.6. The molecule has 0 aromatic carbocycles. The molecule has 1 aliphatic heterocycles. The average molecular weight is 284 g/mol. The molecule has 0 unspecified atom stereocenters. The summed E-state index contributed by atoms with van der Waals surface area (Å²) < 4.78 is 27.4. The van der Waals surface area contributed by atoms with Gasteiger partial charge < -0.3 is 4.74 Å². The van der Waals surface area contributed by atoms with Gasteiger partial charge in [-0.2, -0.15) is 0 Å². The lowest BCUT2D eigenvalue weighted by Crippen LogP contribution is -2.40. The summed E-state index contributed by atoms with van der Waals surface area (Å²) in [5, 5.41) is 0. The lowest BCUT2D eigenvalue weighted by molar-refractivity contribution is 0.0597. The van der Waals surface area contributed by atoms with E-state index in [2.05, 4.69) is 4.98 Å². The van der Waals surface area contributed by atoms with Crippen molar-refractivity contribution in [3.63, 3.8) is 0 Å². The van der Waals surface area contributed by atoms with Gasteiger partial charge in [0.05, 0.1) is 29.9 Å². The molecule has 1 saturated heterocycles. The van der Waals surface area contributed by atoms with Crippen LogP contribution >= 0.6 is 0 Å². The zero-order valence-electron chi connectivity index (χ0n) is 10.7. The number of hydrogen-bond acceptors (Lipinski definition) is 6. The third-order valence-corrected chi connectivity index (χ3v) is 4.72. The molecule has 1 aromatic heterocycles. The van der Waals surface area contributed by atoms with E-state index in [0.29, 0.717) is 30.9 Å². The Labute approximate surface area is 112 Å². The molecule has 1 aromatic rings. The van der Waals surface area contributed by atoms with Crippen molar-refractivity contribution < 1.29 is 17.9 Å². The summed E-state index contributed by atoms with van der Waals surface area (Å²) >= 11 is 0. The summed E-state index contributed by atoms with van der Waals surface area (Å²) in [6, 6.07) is 3.34. The number of rotatable bonds is 3. The molecule has 0 bridgehead atoms. The van der Waals surface area contributed by atoms with E-state index in [1.165, 1.54) is 7.11 Å². The first-order chi connectivity index (χ1) is 9.02. The second kappa shape index (κ2) is 5.66. The van der Waals surface area contributed by atoms with Crippen LogP contribution in [0.25, 0.3) is 0 Å². The zero-order valence-corrected chi connectivity index (χ0v) is 11.5. The minimum Gasteiger partial charge on any atom is -0.465 e. The van der Waals surface area contributed by atoms with Gasteiger partial charge in [0, 0.05) is 25.8 Å². The molecule has 0 spiro atoms. The first-order valence-electron chi connectivity index (χ1n) is 5.97. The van der Waals surface area contributed by atoms with E-state index in [-0.39, 0.29) is 11.5 Å². The number of carbonyl (C=O) groups excluding carboxylic acids is 1. The van der Waals surface area contributed by atoms with Crippen LogP contribution in [0.5, 0.6) is 0 Å². The fourth-order valence-electron chi connectivity index (χ4n) is 1.98. The lowest BCUT2D eigenvalue weighted by Gasteiger charge is -2.26. The monoisotopic (exact) mass is 284 g/mol. The normalized spacial score (nSPS) is 19.0. The Kier molecular flexibility index (Phi) is 4.16. The van der Waals surface area contributed by atoms with Crippen molar-refractivity contribution in [1.29, 1.82) is 0 Å². The molecule has 1 aliphatic rings. The van der Waals surface area contributed by atoms with Gasteiger partial charge in [-0.05, 0) is 12.1 Å². The highest BCUT2D eigenvalue weighted by atomic mass is 32.2. The third-order valence-electron chi connectivity index (χ3n) is 3.11. The topological polar surface area (TPSA) is 76.6 Å². The van der Waals surface area contributed by atoms with Crippen molar-refractivity contribution in [3.8, 4) is 0 Å². The summed E-state index contributed by atoms with van der Waals surface area (Å²) in [5.74, 6) is -0.103. The first kappa shape index (κ1) is 14.0. The van der Waals surface area contributed by atoms with Gasteiger partial charge in [-0.25, -0.2) is 13.2 Å². The average Bonchev–Trinajstić information content (AvgIpc) is 2.41. The van der Waals surface area contributed by atoms with Gasteiger partial charge in [-0.1, -0.05) is 0 Å². The molecule has 6 nitrogen and oxygen atoms in total. The number of methoxy groups -OCH3 is 1. The van der Waals surface area contributed by atoms with Crippen LogP contribution in [0, 0.1) is 0 Å². The first-order valence-corrected chi connectivity index (χ1v) is 7.79. The number of nitrogens with zero attached hydrogens (tertiary/aromatic N) is 2. The van der Waals surface area contributed by atoms with Crippen LogP contribution in [0.1, 0.15) is 16.1 Å². The number of carbonyl (C=O) groups is 1. The fourth-order valence-corrected chi connectivity index (χ4v) is 3.26. The smallest absolute Gasteiger partial charge is 0.339 e. The van der Waals surface area contributed by atoms with Gasteiger partial charge >= 0.3 is 5.97 Å². The Morgan fingerprint density at radius 1 is 1.42 bits per heavy atom. The number of esters is 1. The highest BCUT2D eigenvalue weighted by Gasteiger charge is 2.23. The third kappa shape index (κ3) is 3.51. The summed E-state index contributed by atoms with van der Waals surface area (Å²) in [4.78, 5) is 17.8. The molecular formula is C12H16N2O4S. The number of aromatic nitrogens is 1. The number of ether oxygens (including phenoxy) is 1. The number of sulfone groups is 1. The quantitative estimate of drug-likeness (QED) is 0.733. The predicted molar refractivity (Wildman–Crippen MR) is 69.5 cm³/mol. The zero-order chi connectivity index (χ0) is 13.9. The van der Waals surface area contributed by atoms with Crippen LogP contribution in [0.2, 0.25) is 0 Å². The van der Waals surface area contributed by atoms with Gasteiger partial charge in [0.2, 0.25) is 0 Å². The van der Waals surface area contributed by atoms with Crippen LogP contribution < -0.4 is 0 Å². The van der Waals surface area contributed by atoms with Crippen molar-refractivity contribution >= 4 is 15.8 Å². The molecule has 0 saturated carbocycles. The van der Waals surface area contributed by atoms with Gasteiger partial charge in [0.25, 0.3) is 0 Å². The van der Waals surface area contributed by atoms with Crippen molar-refractivity contribution in [2.75, 3.05) is 31.7 Å². The van der Waals surface area contributed by atoms with E-state index < -0.39 is 15.8 Å². The molecule has 19 heavy (non-hydrogen) atoms. The Morgan fingerprint density at radius 2 is 2.11 bits per heavy atom. The van der Waals surface area contributed by atoms with Crippen LogP contribution in [0.15, 0.2) is 18.3 Å². The molecule has 7 heteroatoms. The summed E-state index contributed by atoms with van der Waals surface area (Å²) in [6.07, 6.45) is 1.61. The Hall–Kier alpha value is -1.47. The molecule has 104 valence electrons. The molecule has 0 atom stereocenters. The van der Waals surface area contributed by atoms with Crippen LogP contribution in [-0.4, -0.2) is 56.0 Å². The number of pyridine rings is 1. The van der Waals surface area contributed by atoms with Crippen LogP contribution in [0.3, 0.4) is 0 Å². The van der Waals surface area contributed by atoms with Gasteiger partial charge in [-0.15, -0.1) is 0 Å². The van der Waals surface area contributed by atoms with Crippen LogP contribution in [-0.2, 0) is 21.1 Å².